The molecule has 1 amide bonds. The van der Waals surface area contributed by atoms with E-state index in [-0.39, 0.29) is 5.91 Å². The molecule has 1 aromatic carbocycles. The molecule has 1 rings (SSSR count). The summed E-state index contributed by atoms with van der Waals surface area (Å²) < 4.78 is 0. The van der Waals surface area contributed by atoms with Crippen molar-refractivity contribution in [3.05, 3.63) is 24.3 Å². The van der Waals surface area contributed by atoms with Gasteiger partial charge in [0.25, 0.3) is 0 Å². The number of amides is 1. The van der Waals surface area contributed by atoms with Crippen molar-refractivity contribution < 1.29 is 4.79 Å². The average Bonchev–Trinajstić information content (AvgIpc) is 2.61. The summed E-state index contributed by atoms with van der Waals surface area (Å²) in [5, 5.41) is 0. The van der Waals surface area contributed by atoms with Crippen molar-refractivity contribution in [3.63, 3.8) is 0 Å². The van der Waals surface area contributed by atoms with E-state index in [1.807, 2.05) is 65.8 Å². The summed E-state index contributed by atoms with van der Waals surface area (Å²) in [4.78, 5) is 13.4. The average molecular weight is 344 g/mol. The monoisotopic (exact) mass is 343 g/mol. The van der Waals surface area contributed by atoms with Crippen LogP contribution < -0.4 is 4.90 Å². The summed E-state index contributed by atoms with van der Waals surface area (Å²) in [5.41, 5.74) is 0.841. The van der Waals surface area contributed by atoms with Gasteiger partial charge in [-0.15, -0.1) is 12.6 Å². The Labute approximate surface area is 152 Å². The Morgan fingerprint density at radius 1 is 0.957 bits per heavy atom. The summed E-state index contributed by atoms with van der Waals surface area (Å²) in [6.45, 7) is 18.0. The van der Waals surface area contributed by atoms with Gasteiger partial charge in [-0.3, -0.25) is 4.79 Å². The van der Waals surface area contributed by atoms with E-state index in [1.165, 1.54) is 26.2 Å². The zero-order valence-electron chi connectivity index (χ0n) is 17.2. The van der Waals surface area contributed by atoms with Crippen LogP contribution in [0.4, 0.5) is 5.69 Å². The summed E-state index contributed by atoms with van der Waals surface area (Å²) in [7, 11) is 1.73. The molecule has 0 bridgehead atoms. The fraction of sp³-hybridized carbons (Fsp3) is 0.650. The van der Waals surface area contributed by atoms with Crippen LogP contribution in [0.5, 0.6) is 0 Å². The first kappa shape index (κ1) is 30.0. The fourth-order valence-electron chi connectivity index (χ4n) is 1.27. The van der Waals surface area contributed by atoms with E-state index in [1.54, 1.807) is 11.9 Å². The number of hydrogen-bond donors (Lipinski definition) is 1. The van der Waals surface area contributed by atoms with E-state index >= 15 is 0 Å². The highest BCUT2D eigenvalue weighted by molar-refractivity contribution is 7.80. The third-order valence-corrected chi connectivity index (χ3v) is 2.80. The third-order valence-electron chi connectivity index (χ3n) is 2.42. The van der Waals surface area contributed by atoms with Crippen molar-refractivity contribution in [2.75, 3.05) is 11.9 Å². The molecule has 0 radical (unpaired) electrons. The molecule has 3 heteroatoms. The van der Waals surface area contributed by atoms with Gasteiger partial charge < -0.3 is 4.90 Å². The molecule has 0 aromatic heterocycles. The summed E-state index contributed by atoms with van der Waals surface area (Å²) in [5.74, 6) is 0.0106. The molecule has 0 aliphatic heterocycles. The van der Waals surface area contributed by atoms with Gasteiger partial charge in [-0.25, -0.2) is 0 Å². The van der Waals surface area contributed by atoms with Gasteiger partial charge >= 0.3 is 0 Å². The SMILES string of the molecule is CC.CC.CC.CC(=O)N(C)c1ccccc1S.CCCCC. The van der Waals surface area contributed by atoms with Gasteiger partial charge in [0.2, 0.25) is 5.91 Å². The first-order valence-corrected chi connectivity index (χ1v) is 9.51. The minimum Gasteiger partial charge on any atom is -0.315 e. The fourth-order valence-corrected chi connectivity index (χ4v) is 1.58. The van der Waals surface area contributed by atoms with Gasteiger partial charge in [0.1, 0.15) is 0 Å². The van der Waals surface area contributed by atoms with Gasteiger partial charge in [-0.05, 0) is 12.1 Å². The first-order valence-electron chi connectivity index (χ1n) is 9.06. The molecule has 0 saturated carbocycles. The Morgan fingerprint density at radius 2 is 1.35 bits per heavy atom. The van der Waals surface area contributed by atoms with Crippen molar-refractivity contribution in [2.45, 2.75) is 86.5 Å². The van der Waals surface area contributed by atoms with E-state index < -0.39 is 0 Å². The molecule has 0 aliphatic carbocycles. The zero-order valence-corrected chi connectivity index (χ0v) is 18.1. The molecular weight excluding hydrogens is 302 g/mol. The second-order valence-corrected chi connectivity index (χ2v) is 4.40. The van der Waals surface area contributed by atoms with Gasteiger partial charge in [-0.2, -0.15) is 0 Å². The van der Waals surface area contributed by atoms with Crippen molar-refractivity contribution in [1.82, 2.24) is 0 Å². The van der Waals surface area contributed by atoms with E-state index in [2.05, 4.69) is 26.5 Å². The highest BCUT2D eigenvalue weighted by Crippen LogP contribution is 2.21. The minimum atomic E-state index is 0.0106. The van der Waals surface area contributed by atoms with Gasteiger partial charge in [-0.1, -0.05) is 86.8 Å². The second kappa shape index (κ2) is 26.0. The number of anilines is 1. The molecule has 0 fully saturated rings. The smallest absolute Gasteiger partial charge is 0.223 e. The number of nitrogens with zero attached hydrogens (tertiary/aromatic N) is 1. The van der Waals surface area contributed by atoms with Crippen molar-refractivity contribution in [1.29, 1.82) is 0 Å². The van der Waals surface area contributed by atoms with Crippen LogP contribution in [-0.4, -0.2) is 13.0 Å². The highest BCUT2D eigenvalue weighted by atomic mass is 32.1. The highest BCUT2D eigenvalue weighted by Gasteiger charge is 2.06. The Morgan fingerprint density at radius 3 is 1.61 bits per heavy atom. The molecule has 0 unspecified atom stereocenters. The van der Waals surface area contributed by atoms with Crippen LogP contribution >= 0.6 is 12.6 Å². The van der Waals surface area contributed by atoms with E-state index in [0.29, 0.717) is 0 Å². The molecule has 23 heavy (non-hydrogen) atoms. The number of benzene rings is 1. The van der Waals surface area contributed by atoms with E-state index in [4.69, 9.17) is 0 Å². The number of carbonyl (C=O) groups is 1. The van der Waals surface area contributed by atoms with Crippen LogP contribution in [0, 0.1) is 0 Å². The lowest BCUT2D eigenvalue weighted by atomic mass is 10.3. The molecule has 2 nitrogen and oxygen atoms in total. The van der Waals surface area contributed by atoms with Crippen LogP contribution in [0.1, 0.15) is 81.6 Å². The maximum Gasteiger partial charge on any atom is 0.223 e. The molecule has 1 aromatic rings. The Kier molecular flexibility index (Phi) is 33.8. The third kappa shape index (κ3) is 19.0. The number of unbranched alkanes of at least 4 members (excludes halogenated alkanes) is 2. The lowest BCUT2D eigenvalue weighted by Crippen LogP contribution is -2.23. The van der Waals surface area contributed by atoms with Crippen LogP contribution in [0.3, 0.4) is 0 Å². The Bertz CT molecular complexity index is 338. The maximum atomic E-state index is 11.0. The van der Waals surface area contributed by atoms with E-state index in [0.717, 1.165) is 10.6 Å². The van der Waals surface area contributed by atoms with Crippen LogP contribution in [0.15, 0.2) is 29.2 Å². The predicted molar refractivity (Wildman–Crippen MR) is 112 cm³/mol. The summed E-state index contributed by atoms with van der Waals surface area (Å²) in [6, 6.07) is 7.50. The molecule has 0 aliphatic rings. The minimum absolute atomic E-state index is 0.0106. The summed E-state index contributed by atoms with van der Waals surface area (Å²) in [6.07, 6.45) is 4.08. The molecule has 138 valence electrons. The van der Waals surface area contributed by atoms with E-state index in [9.17, 15) is 4.79 Å². The normalized spacial score (nSPS) is 7.61. The number of carbonyl (C=O) groups excluding carboxylic acids is 1. The molecular formula is C20H41NOS. The number of para-hydroxylation sites is 1. The van der Waals surface area contributed by atoms with Crippen molar-refractivity contribution >= 4 is 24.2 Å². The summed E-state index contributed by atoms with van der Waals surface area (Å²) >= 11 is 4.24. The van der Waals surface area contributed by atoms with Crippen molar-refractivity contribution in [3.8, 4) is 0 Å². The molecule has 0 spiro atoms. The quantitative estimate of drug-likeness (QED) is 0.574. The molecule has 0 saturated heterocycles. The lowest BCUT2D eigenvalue weighted by Gasteiger charge is -2.16. The van der Waals surface area contributed by atoms with Crippen molar-refractivity contribution in [2.24, 2.45) is 0 Å². The van der Waals surface area contributed by atoms with Crippen LogP contribution in [0.2, 0.25) is 0 Å². The molecule has 0 N–H and O–H groups in total. The number of rotatable bonds is 3. The Hall–Kier alpha value is -0.960. The predicted octanol–water partition coefficient (Wildman–Crippen LogP) is 7.23. The number of hydrogen-bond acceptors (Lipinski definition) is 2. The van der Waals surface area contributed by atoms with Gasteiger partial charge in [0.15, 0.2) is 0 Å². The van der Waals surface area contributed by atoms with Gasteiger partial charge in [0.05, 0.1) is 5.69 Å². The second-order valence-electron chi connectivity index (χ2n) is 3.92. The topological polar surface area (TPSA) is 20.3 Å². The Balaban J connectivity index is -0.000000138. The first-order chi connectivity index (χ1) is 11.0. The largest absolute Gasteiger partial charge is 0.315 e. The standard InChI is InChI=1S/C9H11NOS.C5H12.3C2H6/c1-7(11)10(2)8-5-3-4-6-9(8)12;1-3-5-4-2;3*1-2/h3-6,12H,1-2H3;3-5H2,1-2H3;3*1-2H3. The van der Waals surface area contributed by atoms with Crippen LogP contribution in [-0.2, 0) is 4.79 Å². The molecule has 0 atom stereocenters. The molecule has 0 heterocycles. The van der Waals surface area contributed by atoms with Crippen LogP contribution in [0.25, 0.3) is 0 Å². The van der Waals surface area contributed by atoms with Gasteiger partial charge in [0, 0.05) is 18.9 Å². The maximum absolute atomic E-state index is 11.0. The zero-order chi connectivity index (χ0) is 19.3. The number of thiol groups is 1. The lowest BCUT2D eigenvalue weighted by molar-refractivity contribution is -0.116.